The number of halogens is 6. The maximum absolute atomic E-state index is 13.5. The molecule has 0 aliphatic carbocycles. The van der Waals surface area contributed by atoms with Crippen LogP contribution in [-0.4, -0.2) is 4.98 Å². The highest BCUT2D eigenvalue weighted by molar-refractivity contribution is 5.68. The van der Waals surface area contributed by atoms with Gasteiger partial charge >= 0.3 is 6.18 Å². The Bertz CT molecular complexity index is 620. The van der Waals surface area contributed by atoms with Crippen molar-refractivity contribution >= 4 is 0 Å². The number of benzene rings is 1. The van der Waals surface area contributed by atoms with Crippen molar-refractivity contribution in [2.45, 2.75) is 6.18 Å². The highest BCUT2D eigenvalue weighted by Gasteiger charge is 2.36. The minimum Gasteiger partial charge on any atom is -0.228 e. The summed E-state index contributed by atoms with van der Waals surface area (Å²) in [6.45, 7) is 0. The summed E-state index contributed by atoms with van der Waals surface area (Å²) in [4.78, 5) is 3.04. The Labute approximate surface area is 103 Å². The van der Waals surface area contributed by atoms with Crippen LogP contribution in [-0.2, 0) is 6.18 Å². The molecule has 0 saturated heterocycles. The fourth-order valence-corrected chi connectivity index (χ4v) is 1.63. The molecule has 0 amide bonds. The molecule has 7 heteroatoms. The smallest absolute Gasteiger partial charge is 0.228 e. The minimum atomic E-state index is -4.90. The van der Waals surface area contributed by atoms with E-state index >= 15 is 0 Å². The highest BCUT2D eigenvalue weighted by atomic mass is 19.4. The summed E-state index contributed by atoms with van der Waals surface area (Å²) in [6, 6.07) is 3.07. The van der Waals surface area contributed by atoms with Crippen molar-refractivity contribution in [3.8, 4) is 11.1 Å². The molecular formula is C12H5F6N. The second-order valence-corrected chi connectivity index (χ2v) is 3.62. The third-order valence-corrected chi connectivity index (χ3v) is 2.43. The highest BCUT2D eigenvalue weighted by Crippen LogP contribution is 2.38. The van der Waals surface area contributed by atoms with Crippen LogP contribution in [0.5, 0.6) is 0 Å². The number of hydrogen-bond acceptors (Lipinski definition) is 1. The van der Waals surface area contributed by atoms with E-state index in [2.05, 4.69) is 4.98 Å². The van der Waals surface area contributed by atoms with Gasteiger partial charge in [0.1, 0.15) is 0 Å². The molecule has 0 aliphatic rings. The zero-order valence-electron chi connectivity index (χ0n) is 9.10. The Morgan fingerprint density at radius 1 is 0.947 bits per heavy atom. The maximum Gasteiger partial charge on any atom is 0.417 e. The molecule has 100 valence electrons. The normalized spacial score (nSPS) is 11.7. The number of rotatable bonds is 1. The van der Waals surface area contributed by atoms with E-state index in [1.54, 1.807) is 0 Å². The Hall–Kier alpha value is -2.05. The largest absolute Gasteiger partial charge is 0.417 e. The van der Waals surface area contributed by atoms with Gasteiger partial charge < -0.3 is 0 Å². The van der Waals surface area contributed by atoms with E-state index in [4.69, 9.17) is 0 Å². The molecule has 0 unspecified atom stereocenters. The number of nitrogens with zero attached hydrogens (tertiary/aromatic N) is 1. The van der Waals surface area contributed by atoms with Gasteiger partial charge in [-0.1, -0.05) is 12.1 Å². The Balaban J connectivity index is 2.79. The average Bonchev–Trinajstić information content (AvgIpc) is 2.32. The van der Waals surface area contributed by atoms with Crippen molar-refractivity contribution < 1.29 is 26.3 Å². The van der Waals surface area contributed by atoms with Crippen molar-refractivity contribution in [3.05, 3.63) is 53.6 Å². The number of pyridine rings is 1. The summed E-state index contributed by atoms with van der Waals surface area (Å²) >= 11 is 0. The first-order valence-electron chi connectivity index (χ1n) is 4.98. The first kappa shape index (κ1) is 13.4. The molecule has 2 rings (SSSR count). The van der Waals surface area contributed by atoms with Gasteiger partial charge in [-0.15, -0.1) is 0 Å². The van der Waals surface area contributed by atoms with Gasteiger partial charge in [-0.25, -0.2) is 13.8 Å². The number of hydrogen-bond donors (Lipinski definition) is 0. The van der Waals surface area contributed by atoms with Gasteiger partial charge in [0.05, 0.1) is 11.1 Å². The topological polar surface area (TPSA) is 12.9 Å². The lowest BCUT2D eigenvalue weighted by Gasteiger charge is -2.13. The zero-order valence-corrected chi connectivity index (χ0v) is 9.10. The predicted molar refractivity (Wildman–Crippen MR) is 54.5 cm³/mol. The quantitative estimate of drug-likeness (QED) is 0.562. The van der Waals surface area contributed by atoms with E-state index in [0.717, 1.165) is 18.2 Å². The Morgan fingerprint density at radius 3 is 2.26 bits per heavy atom. The van der Waals surface area contributed by atoms with Gasteiger partial charge in [-0.2, -0.15) is 17.6 Å². The van der Waals surface area contributed by atoms with E-state index in [-0.39, 0.29) is 0 Å². The zero-order chi connectivity index (χ0) is 14.2. The first-order chi connectivity index (χ1) is 8.82. The van der Waals surface area contributed by atoms with Crippen molar-refractivity contribution in [2.75, 3.05) is 0 Å². The fraction of sp³-hybridized carbons (Fsp3) is 0.0833. The molecule has 1 aromatic carbocycles. The van der Waals surface area contributed by atoms with Crippen molar-refractivity contribution in [1.82, 2.24) is 4.98 Å². The van der Waals surface area contributed by atoms with Crippen LogP contribution < -0.4 is 0 Å². The summed E-state index contributed by atoms with van der Waals surface area (Å²) in [5.74, 6) is -4.44. The van der Waals surface area contributed by atoms with E-state index in [0.29, 0.717) is 12.3 Å². The molecule has 0 saturated carbocycles. The van der Waals surface area contributed by atoms with Gasteiger partial charge in [0.2, 0.25) is 5.95 Å². The third-order valence-electron chi connectivity index (χ3n) is 2.43. The summed E-state index contributed by atoms with van der Waals surface area (Å²) in [6.07, 6.45) is -4.29. The first-order valence-corrected chi connectivity index (χ1v) is 4.98. The van der Waals surface area contributed by atoms with Crippen LogP contribution >= 0.6 is 0 Å². The predicted octanol–water partition coefficient (Wildman–Crippen LogP) is 4.18. The molecule has 0 atom stereocenters. The van der Waals surface area contributed by atoms with Crippen LogP contribution in [0.4, 0.5) is 26.3 Å². The maximum atomic E-state index is 13.5. The van der Waals surface area contributed by atoms with Gasteiger partial charge in [0.15, 0.2) is 11.6 Å². The van der Waals surface area contributed by atoms with Gasteiger partial charge in [-0.3, -0.25) is 0 Å². The molecular weight excluding hydrogens is 272 g/mol. The second kappa shape index (κ2) is 4.56. The van der Waals surface area contributed by atoms with E-state index in [9.17, 15) is 26.3 Å². The second-order valence-electron chi connectivity index (χ2n) is 3.62. The van der Waals surface area contributed by atoms with Gasteiger partial charge in [0.25, 0.3) is 0 Å². The molecule has 1 heterocycles. The van der Waals surface area contributed by atoms with Gasteiger partial charge in [0, 0.05) is 11.8 Å². The summed E-state index contributed by atoms with van der Waals surface area (Å²) in [5, 5.41) is 0. The molecule has 0 aliphatic heterocycles. The minimum absolute atomic E-state index is 0.503. The molecule has 0 N–H and O–H groups in total. The fourth-order valence-electron chi connectivity index (χ4n) is 1.63. The lowest BCUT2D eigenvalue weighted by molar-refractivity contribution is -0.137. The van der Waals surface area contributed by atoms with Crippen LogP contribution in [0, 0.1) is 17.6 Å². The Morgan fingerprint density at radius 2 is 1.63 bits per heavy atom. The standard InChI is InChI=1S/C12H5F6N/c13-8-3-1-2-6(10(8)14)9-7(12(16,17)18)4-5-19-11(9)15/h1-5H. The monoisotopic (exact) mass is 277 g/mol. The van der Waals surface area contributed by atoms with Crippen LogP contribution in [0.15, 0.2) is 30.5 Å². The average molecular weight is 277 g/mol. The molecule has 0 bridgehead atoms. The lowest BCUT2D eigenvalue weighted by atomic mass is 10.0. The van der Waals surface area contributed by atoms with E-state index in [1.165, 1.54) is 0 Å². The van der Waals surface area contributed by atoms with Crippen LogP contribution in [0.2, 0.25) is 0 Å². The molecule has 2 aromatic rings. The number of alkyl halides is 3. The summed E-state index contributed by atoms with van der Waals surface area (Å²) in [7, 11) is 0. The van der Waals surface area contributed by atoms with Crippen molar-refractivity contribution in [1.29, 1.82) is 0 Å². The SMILES string of the molecule is Fc1cccc(-c2c(C(F)(F)F)ccnc2F)c1F. The van der Waals surface area contributed by atoms with Gasteiger partial charge in [-0.05, 0) is 12.1 Å². The summed E-state index contributed by atoms with van der Waals surface area (Å²) in [5.41, 5.74) is -3.34. The molecule has 0 spiro atoms. The van der Waals surface area contributed by atoms with Crippen LogP contribution in [0.3, 0.4) is 0 Å². The molecule has 1 nitrogen and oxygen atoms in total. The molecule has 19 heavy (non-hydrogen) atoms. The molecule has 0 radical (unpaired) electrons. The number of aromatic nitrogens is 1. The molecule has 0 fully saturated rings. The van der Waals surface area contributed by atoms with Crippen LogP contribution in [0.25, 0.3) is 11.1 Å². The van der Waals surface area contributed by atoms with Crippen molar-refractivity contribution in [3.63, 3.8) is 0 Å². The van der Waals surface area contributed by atoms with E-state index < -0.39 is 40.4 Å². The molecule has 1 aromatic heterocycles. The summed E-state index contributed by atoms with van der Waals surface area (Å²) < 4.78 is 78.2. The Kier molecular flexibility index (Phi) is 3.21. The van der Waals surface area contributed by atoms with E-state index in [1.807, 2.05) is 0 Å². The van der Waals surface area contributed by atoms with Crippen molar-refractivity contribution in [2.24, 2.45) is 0 Å². The lowest BCUT2D eigenvalue weighted by Crippen LogP contribution is -2.10. The third kappa shape index (κ3) is 2.40. The van der Waals surface area contributed by atoms with Crippen LogP contribution in [0.1, 0.15) is 5.56 Å².